The van der Waals surface area contributed by atoms with Crippen LogP contribution in [-0.2, 0) is 4.79 Å². The standard InChI is InChI=1S/C16H16FN3O2/c17-12-8-4-5-9-13(12)19-15(21)10-14(20-16(18)22)11-6-2-1-3-7-11/h1-9,14H,10H2,(H,19,21)(H3,18,20,22). The number of amides is 3. The highest BCUT2D eigenvalue weighted by molar-refractivity contribution is 5.91. The molecule has 0 saturated heterocycles. The van der Waals surface area contributed by atoms with Crippen LogP contribution in [0.25, 0.3) is 0 Å². The van der Waals surface area contributed by atoms with Crippen molar-refractivity contribution in [2.75, 3.05) is 5.32 Å². The molecule has 3 amide bonds. The molecule has 114 valence electrons. The van der Waals surface area contributed by atoms with Crippen molar-refractivity contribution in [3.63, 3.8) is 0 Å². The van der Waals surface area contributed by atoms with Crippen molar-refractivity contribution >= 4 is 17.6 Å². The van der Waals surface area contributed by atoms with E-state index in [0.717, 1.165) is 5.56 Å². The molecular weight excluding hydrogens is 285 g/mol. The minimum atomic E-state index is -0.729. The maximum Gasteiger partial charge on any atom is 0.312 e. The van der Waals surface area contributed by atoms with E-state index in [0.29, 0.717) is 0 Å². The van der Waals surface area contributed by atoms with Gasteiger partial charge >= 0.3 is 6.03 Å². The van der Waals surface area contributed by atoms with Gasteiger partial charge in [-0.1, -0.05) is 42.5 Å². The fourth-order valence-electron chi connectivity index (χ4n) is 2.06. The van der Waals surface area contributed by atoms with E-state index in [1.54, 1.807) is 30.3 Å². The summed E-state index contributed by atoms with van der Waals surface area (Å²) < 4.78 is 13.5. The van der Waals surface area contributed by atoms with Crippen LogP contribution in [0.15, 0.2) is 54.6 Å². The van der Waals surface area contributed by atoms with Crippen LogP contribution in [0.1, 0.15) is 18.0 Å². The molecule has 1 unspecified atom stereocenters. The third-order valence-electron chi connectivity index (χ3n) is 3.06. The monoisotopic (exact) mass is 301 g/mol. The lowest BCUT2D eigenvalue weighted by Gasteiger charge is -2.17. The Morgan fingerprint density at radius 3 is 2.32 bits per heavy atom. The quantitative estimate of drug-likeness (QED) is 0.793. The Balaban J connectivity index is 2.08. The SMILES string of the molecule is NC(=O)NC(CC(=O)Nc1ccccc1F)c1ccccc1. The van der Waals surface area contributed by atoms with E-state index in [4.69, 9.17) is 5.73 Å². The van der Waals surface area contributed by atoms with Crippen molar-refractivity contribution in [2.45, 2.75) is 12.5 Å². The topological polar surface area (TPSA) is 84.2 Å². The molecule has 22 heavy (non-hydrogen) atoms. The van der Waals surface area contributed by atoms with Gasteiger partial charge in [-0.2, -0.15) is 0 Å². The molecule has 0 radical (unpaired) electrons. The molecule has 0 aromatic heterocycles. The van der Waals surface area contributed by atoms with Crippen molar-refractivity contribution in [3.8, 4) is 0 Å². The summed E-state index contributed by atoms with van der Waals surface area (Å²) in [6, 6.07) is 13.5. The summed E-state index contributed by atoms with van der Waals surface area (Å²) in [5.74, 6) is -0.942. The molecule has 1 atom stereocenters. The van der Waals surface area contributed by atoms with Gasteiger partial charge in [0, 0.05) is 0 Å². The second-order valence-electron chi connectivity index (χ2n) is 4.70. The smallest absolute Gasteiger partial charge is 0.312 e. The Hall–Kier alpha value is -2.89. The summed E-state index contributed by atoms with van der Waals surface area (Å²) in [5, 5.41) is 4.99. The lowest BCUT2D eigenvalue weighted by atomic mass is 10.0. The molecule has 0 heterocycles. The molecule has 0 aliphatic carbocycles. The van der Waals surface area contributed by atoms with Gasteiger partial charge in [0.05, 0.1) is 18.2 Å². The van der Waals surface area contributed by atoms with E-state index in [1.165, 1.54) is 18.2 Å². The Bertz CT molecular complexity index is 661. The van der Waals surface area contributed by atoms with Crippen LogP contribution in [0.3, 0.4) is 0 Å². The number of carbonyl (C=O) groups is 2. The number of urea groups is 1. The normalized spacial score (nSPS) is 11.5. The highest BCUT2D eigenvalue weighted by Crippen LogP contribution is 2.18. The zero-order valence-corrected chi connectivity index (χ0v) is 11.8. The number of para-hydroxylation sites is 1. The van der Waals surface area contributed by atoms with Crippen LogP contribution >= 0.6 is 0 Å². The molecule has 2 aromatic rings. The average molecular weight is 301 g/mol. The summed E-state index contributed by atoms with van der Waals surface area (Å²) >= 11 is 0. The van der Waals surface area contributed by atoms with Crippen molar-refractivity contribution in [1.82, 2.24) is 5.32 Å². The van der Waals surface area contributed by atoms with E-state index in [9.17, 15) is 14.0 Å². The number of hydrogen-bond donors (Lipinski definition) is 3. The molecule has 2 rings (SSSR count). The highest BCUT2D eigenvalue weighted by atomic mass is 19.1. The molecule has 0 bridgehead atoms. The van der Waals surface area contributed by atoms with Gasteiger partial charge in [-0.3, -0.25) is 4.79 Å². The lowest BCUT2D eigenvalue weighted by Crippen LogP contribution is -2.35. The summed E-state index contributed by atoms with van der Waals surface area (Å²) in [5.41, 5.74) is 5.98. The Morgan fingerprint density at radius 2 is 1.68 bits per heavy atom. The Kier molecular flexibility index (Phi) is 5.08. The van der Waals surface area contributed by atoms with Gasteiger partial charge in [-0.25, -0.2) is 9.18 Å². The number of nitrogens with two attached hydrogens (primary N) is 1. The molecule has 6 heteroatoms. The summed E-state index contributed by atoms with van der Waals surface area (Å²) in [7, 11) is 0. The van der Waals surface area contributed by atoms with Crippen LogP contribution in [0.4, 0.5) is 14.9 Å². The zero-order valence-electron chi connectivity index (χ0n) is 11.8. The minimum Gasteiger partial charge on any atom is -0.352 e. The fourth-order valence-corrected chi connectivity index (χ4v) is 2.06. The first-order valence-corrected chi connectivity index (χ1v) is 6.71. The van der Waals surface area contributed by atoms with Gasteiger partial charge in [-0.05, 0) is 17.7 Å². The highest BCUT2D eigenvalue weighted by Gasteiger charge is 2.18. The van der Waals surface area contributed by atoms with Gasteiger partial charge in [0.2, 0.25) is 5.91 Å². The molecule has 0 saturated carbocycles. The van der Waals surface area contributed by atoms with Gasteiger partial charge in [0.1, 0.15) is 5.82 Å². The molecule has 4 N–H and O–H groups in total. The van der Waals surface area contributed by atoms with E-state index in [-0.39, 0.29) is 12.1 Å². The van der Waals surface area contributed by atoms with Gasteiger partial charge in [0.15, 0.2) is 0 Å². The van der Waals surface area contributed by atoms with E-state index < -0.39 is 23.8 Å². The molecule has 0 aliphatic rings. The summed E-state index contributed by atoms with van der Waals surface area (Å²) in [6.07, 6.45) is -0.0543. The van der Waals surface area contributed by atoms with Gasteiger partial charge in [-0.15, -0.1) is 0 Å². The molecule has 5 nitrogen and oxygen atoms in total. The maximum atomic E-state index is 13.5. The predicted octanol–water partition coefficient (Wildman–Crippen LogP) is 2.56. The second-order valence-corrected chi connectivity index (χ2v) is 4.70. The number of anilines is 1. The number of benzene rings is 2. The molecule has 0 aliphatic heterocycles. The first kappa shape index (κ1) is 15.5. The average Bonchev–Trinajstić information content (AvgIpc) is 2.49. The van der Waals surface area contributed by atoms with E-state index >= 15 is 0 Å². The number of primary amides is 1. The molecule has 2 aromatic carbocycles. The Morgan fingerprint density at radius 1 is 1.05 bits per heavy atom. The molecular formula is C16H16FN3O2. The Labute approximate surface area is 127 Å². The van der Waals surface area contributed by atoms with Crippen molar-refractivity contribution < 1.29 is 14.0 Å². The minimum absolute atomic E-state index is 0.0543. The number of halogens is 1. The lowest BCUT2D eigenvalue weighted by molar-refractivity contribution is -0.116. The van der Waals surface area contributed by atoms with Crippen LogP contribution in [0, 0.1) is 5.82 Å². The van der Waals surface area contributed by atoms with Crippen LogP contribution in [0.5, 0.6) is 0 Å². The molecule has 0 fully saturated rings. The summed E-state index contributed by atoms with van der Waals surface area (Å²) in [6.45, 7) is 0. The number of rotatable bonds is 5. The third-order valence-corrected chi connectivity index (χ3v) is 3.06. The van der Waals surface area contributed by atoms with Crippen molar-refractivity contribution in [2.24, 2.45) is 5.73 Å². The van der Waals surface area contributed by atoms with Gasteiger partial charge < -0.3 is 16.4 Å². The van der Waals surface area contributed by atoms with Crippen molar-refractivity contribution in [3.05, 3.63) is 66.0 Å². The third kappa shape index (κ3) is 4.31. The maximum absolute atomic E-state index is 13.5. The summed E-state index contributed by atoms with van der Waals surface area (Å²) in [4.78, 5) is 23.2. The van der Waals surface area contributed by atoms with Crippen LogP contribution < -0.4 is 16.4 Å². The van der Waals surface area contributed by atoms with Crippen molar-refractivity contribution in [1.29, 1.82) is 0 Å². The predicted molar refractivity (Wildman–Crippen MR) is 81.5 cm³/mol. The fraction of sp³-hybridized carbons (Fsp3) is 0.125. The number of carbonyl (C=O) groups excluding carboxylic acids is 2. The van der Waals surface area contributed by atoms with Gasteiger partial charge in [0.25, 0.3) is 0 Å². The second kappa shape index (κ2) is 7.21. The molecule has 0 spiro atoms. The van der Waals surface area contributed by atoms with Crippen LogP contribution in [-0.4, -0.2) is 11.9 Å². The van der Waals surface area contributed by atoms with Crippen LogP contribution in [0.2, 0.25) is 0 Å². The van der Waals surface area contributed by atoms with E-state index in [1.807, 2.05) is 6.07 Å². The largest absolute Gasteiger partial charge is 0.352 e. The van der Waals surface area contributed by atoms with E-state index in [2.05, 4.69) is 10.6 Å². The number of hydrogen-bond acceptors (Lipinski definition) is 2. The first-order valence-electron chi connectivity index (χ1n) is 6.71. The zero-order chi connectivity index (χ0) is 15.9. The number of nitrogens with one attached hydrogen (secondary N) is 2. The first-order chi connectivity index (χ1) is 10.6.